The first-order valence-electron chi connectivity index (χ1n) is 9.63. The van der Waals surface area contributed by atoms with Crippen molar-refractivity contribution in [3.8, 4) is 0 Å². The molecule has 130 valence electrons. The highest BCUT2D eigenvalue weighted by Crippen LogP contribution is 2.31. The van der Waals surface area contributed by atoms with Gasteiger partial charge in [0, 0.05) is 8.80 Å². The predicted octanol–water partition coefficient (Wildman–Crippen LogP) is 7.02. The fourth-order valence-electron chi connectivity index (χ4n) is 3.95. The Hall–Kier alpha value is -0.343. The summed E-state index contributed by atoms with van der Waals surface area (Å²) in [6, 6.07) is 10.0. The van der Waals surface area contributed by atoms with Crippen LogP contribution in [0.15, 0.2) is 18.2 Å². The Morgan fingerprint density at radius 3 is 2.61 bits per heavy atom. The van der Waals surface area contributed by atoms with Crippen LogP contribution >= 0.6 is 11.6 Å². The van der Waals surface area contributed by atoms with Crippen molar-refractivity contribution in [2.75, 3.05) is 0 Å². The molecule has 0 radical (unpaired) electrons. The summed E-state index contributed by atoms with van der Waals surface area (Å²) in [6.07, 6.45) is 12.1. The molecule has 0 atom stereocenters. The highest BCUT2D eigenvalue weighted by Gasteiger charge is 2.21. The molecule has 0 aromatic heterocycles. The highest BCUT2D eigenvalue weighted by molar-refractivity contribution is 6.58. The quantitative estimate of drug-likeness (QED) is 0.330. The SMILES string of the molecule is CCCCC[SiH]1CCC(CCCCc2ccc(Cl)c(F)c2)CC1. The minimum absolute atomic E-state index is 0.230. The Bertz CT molecular complexity index is 455. The lowest BCUT2D eigenvalue weighted by Gasteiger charge is -2.27. The fourth-order valence-corrected chi connectivity index (χ4v) is 7.68. The lowest BCUT2D eigenvalue weighted by molar-refractivity contribution is 0.417. The number of rotatable bonds is 9. The molecule has 0 aliphatic carbocycles. The van der Waals surface area contributed by atoms with Crippen LogP contribution in [-0.4, -0.2) is 8.80 Å². The van der Waals surface area contributed by atoms with Gasteiger partial charge in [-0.3, -0.25) is 0 Å². The third-order valence-corrected chi connectivity index (χ3v) is 9.33. The summed E-state index contributed by atoms with van der Waals surface area (Å²) in [7, 11) is -0.351. The van der Waals surface area contributed by atoms with E-state index < -0.39 is 0 Å². The molecule has 0 saturated carbocycles. The van der Waals surface area contributed by atoms with Crippen LogP contribution in [-0.2, 0) is 6.42 Å². The molecular formula is C20H32ClFSi. The van der Waals surface area contributed by atoms with Crippen LogP contribution in [0.1, 0.15) is 63.9 Å². The Balaban J connectivity index is 1.56. The summed E-state index contributed by atoms with van der Waals surface area (Å²) >= 11 is 5.72. The number of aryl methyl sites for hydroxylation is 1. The van der Waals surface area contributed by atoms with Crippen molar-refractivity contribution in [3.63, 3.8) is 0 Å². The zero-order valence-corrected chi connectivity index (χ0v) is 16.5. The van der Waals surface area contributed by atoms with E-state index in [9.17, 15) is 4.39 Å². The number of benzene rings is 1. The normalized spacial score (nSPS) is 21.5. The van der Waals surface area contributed by atoms with Gasteiger partial charge in [-0.25, -0.2) is 4.39 Å². The molecule has 3 heteroatoms. The van der Waals surface area contributed by atoms with Crippen molar-refractivity contribution in [2.24, 2.45) is 5.92 Å². The molecule has 0 nitrogen and oxygen atoms in total. The van der Waals surface area contributed by atoms with Gasteiger partial charge < -0.3 is 0 Å². The molecule has 0 spiro atoms. The average molecular weight is 355 g/mol. The summed E-state index contributed by atoms with van der Waals surface area (Å²) in [5.41, 5.74) is 1.08. The fraction of sp³-hybridized carbons (Fsp3) is 0.700. The molecule has 1 aliphatic rings. The number of hydrogen-bond donors (Lipinski definition) is 0. The molecule has 0 bridgehead atoms. The largest absolute Gasteiger partial charge is 0.205 e. The first-order chi connectivity index (χ1) is 11.2. The molecule has 23 heavy (non-hydrogen) atoms. The molecule has 0 amide bonds. The minimum atomic E-state index is -0.351. The first-order valence-corrected chi connectivity index (χ1v) is 12.5. The number of hydrogen-bond acceptors (Lipinski definition) is 0. The van der Waals surface area contributed by atoms with Crippen LogP contribution in [0.3, 0.4) is 0 Å². The molecule has 0 unspecified atom stereocenters. The zero-order chi connectivity index (χ0) is 16.5. The summed E-state index contributed by atoms with van der Waals surface area (Å²) in [4.78, 5) is 0. The van der Waals surface area contributed by atoms with Crippen molar-refractivity contribution >= 4 is 20.4 Å². The molecule has 1 aromatic carbocycles. The second-order valence-electron chi connectivity index (χ2n) is 7.38. The van der Waals surface area contributed by atoms with Crippen LogP contribution in [0.2, 0.25) is 23.2 Å². The van der Waals surface area contributed by atoms with Gasteiger partial charge in [0.2, 0.25) is 0 Å². The molecule has 1 aliphatic heterocycles. The van der Waals surface area contributed by atoms with Gasteiger partial charge in [0.25, 0.3) is 0 Å². The standard InChI is InChI=1S/C20H32ClFSi/c1-2-3-6-13-23-14-11-17(12-15-23)7-4-5-8-18-9-10-19(21)20(22)16-18/h9-10,16-17,23H,2-8,11-15H2,1H3. The molecule has 1 heterocycles. The smallest absolute Gasteiger partial charge is 0.142 e. The van der Waals surface area contributed by atoms with Crippen LogP contribution in [0.25, 0.3) is 0 Å². The average Bonchev–Trinajstić information content (AvgIpc) is 2.56. The monoisotopic (exact) mass is 354 g/mol. The van der Waals surface area contributed by atoms with Crippen molar-refractivity contribution in [2.45, 2.75) is 82.8 Å². The molecule has 2 rings (SSSR count). The van der Waals surface area contributed by atoms with E-state index in [0.717, 1.165) is 17.9 Å². The predicted molar refractivity (Wildman–Crippen MR) is 103 cm³/mol. The molecule has 0 N–H and O–H groups in total. The second-order valence-corrected chi connectivity index (χ2v) is 11.2. The van der Waals surface area contributed by atoms with Gasteiger partial charge in [-0.2, -0.15) is 0 Å². The molecule has 1 fully saturated rings. The van der Waals surface area contributed by atoms with Crippen molar-refractivity contribution in [3.05, 3.63) is 34.6 Å². The van der Waals surface area contributed by atoms with E-state index in [1.807, 2.05) is 6.07 Å². The molecular weight excluding hydrogens is 323 g/mol. The lowest BCUT2D eigenvalue weighted by Crippen LogP contribution is -2.21. The maximum absolute atomic E-state index is 13.4. The van der Waals surface area contributed by atoms with Gasteiger partial charge in [-0.1, -0.05) is 87.7 Å². The van der Waals surface area contributed by atoms with Crippen LogP contribution < -0.4 is 0 Å². The lowest BCUT2D eigenvalue weighted by atomic mass is 9.95. The third-order valence-electron chi connectivity index (χ3n) is 5.49. The summed E-state index contributed by atoms with van der Waals surface area (Å²) in [5.74, 6) is 0.697. The maximum atomic E-state index is 13.4. The summed E-state index contributed by atoms with van der Waals surface area (Å²) in [5, 5.41) is 0.230. The van der Waals surface area contributed by atoms with E-state index in [-0.39, 0.29) is 19.6 Å². The molecule has 1 aromatic rings. The topological polar surface area (TPSA) is 0 Å². The third kappa shape index (κ3) is 6.97. The summed E-state index contributed by atoms with van der Waals surface area (Å²) in [6.45, 7) is 2.30. The van der Waals surface area contributed by atoms with E-state index in [1.54, 1.807) is 30.3 Å². The Labute approximate surface area is 148 Å². The van der Waals surface area contributed by atoms with E-state index >= 15 is 0 Å². The second kappa shape index (κ2) is 10.5. The number of unbranched alkanes of at least 4 members (excludes halogenated alkanes) is 3. The van der Waals surface area contributed by atoms with Gasteiger partial charge >= 0.3 is 0 Å². The van der Waals surface area contributed by atoms with Crippen LogP contribution in [0, 0.1) is 11.7 Å². The van der Waals surface area contributed by atoms with Gasteiger partial charge in [-0.15, -0.1) is 0 Å². The van der Waals surface area contributed by atoms with Gasteiger partial charge in [-0.05, 0) is 36.5 Å². The van der Waals surface area contributed by atoms with Gasteiger partial charge in [0.05, 0.1) is 5.02 Å². The van der Waals surface area contributed by atoms with Gasteiger partial charge in [0.1, 0.15) is 5.82 Å². The van der Waals surface area contributed by atoms with E-state index in [2.05, 4.69) is 6.92 Å². The zero-order valence-electron chi connectivity index (χ0n) is 14.6. The Morgan fingerprint density at radius 2 is 1.91 bits per heavy atom. The van der Waals surface area contributed by atoms with E-state index in [4.69, 9.17) is 11.6 Å². The summed E-state index contributed by atoms with van der Waals surface area (Å²) < 4.78 is 13.4. The van der Waals surface area contributed by atoms with E-state index in [1.165, 1.54) is 51.4 Å². The Kier molecular flexibility index (Phi) is 8.67. The van der Waals surface area contributed by atoms with Gasteiger partial charge in [0.15, 0.2) is 0 Å². The first kappa shape index (κ1) is 19.0. The van der Waals surface area contributed by atoms with Crippen molar-refractivity contribution < 1.29 is 4.39 Å². The maximum Gasteiger partial charge on any atom is 0.142 e. The van der Waals surface area contributed by atoms with Crippen LogP contribution in [0.4, 0.5) is 4.39 Å². The van der Waals surface area contributed by atoms with Crippen molar-refractivity contribution in [1.82, 2.24) is 0 Å². The Morgan fingerprint density at radius 1 is 1.13 bits per heavy atom. The van der Waals surface area contributed by atoms with Crippen LogP contribution in [0.5, 0.6) is 0 Å². The van der Waals surface area contributed by atoms with E-state index in [0.29, 0.717) is 0 Å². The number of halogens is 2. The highest BCUT2D eigenvalue weighted by atomic mass is 35.5. The minimum Gasteiger partial charge on any atom is -0.205 e. The van der Waals surface area contributed by atoms with Crippen molar-refractivity contribution in [1.29, 1.82) is 0 Å². The molecule has 1 saturated heterocycles.